The Kier molecular flexibility index (Phi) is 6.88. The third kappa shape index (κ3) is 6.24. The fraction of sp³-hybridized carbons (Fsp3) is 0.278. The molecule has 0 fully saturated rings. The van der Waals surface area contributed by atoms with Crippen molar-refractivity contribution in [1.82, 2.24) is 5.32 Å². The number of alkyl carbamates (subject to hydrolysis) is 1. The minimum atomic E-state index is -4.89. The maximum Gasteiger partial charge on any atom is 0.416 e. The fourth-order valence-corrected chi connectivity index (χ4v) is 2.52. The van der Waals surface area contributed by atoms with Gasteiger partial charge in [-0.1, -0.05) is 54.1 Å². The normalized spacial score (nSPS) is 13.7. The van der Waals surface area contributed by atoms with Crippen molar-refractivity contribution in [1.29, 1.82) is 0 Å². The van der Waals surface area contributed by atoms with Crippen molar-refractivity contribution in [3.8, 4) is 0 Å². The predicted octanol–water partition coefficient (Wildman–Crippen LogP) is 4.10. The van der Waals surface area contributed by atoms with Crippen LogP contribution in [-0.2, 0) is 17.8 Å². The zero-order chi connectivity index (χ0) is 19.2. The zero-order valence-electron chi connectivity index (χ0n) is 13.5. The summed E-state index contributed by atoms with van der Waals surface area (Å²) in [5.41, 5.74) is 1.12. The molecule has 0 spiro atoms. The number of alkyl halides is 3. The van der Waals surface area contributed by atoms with Crippen LogP contribution in [0.2, 0.25) is 5.02 Å². The molecule has 2 N–H and O–H groups in total. The number of carbonyl (C=O) groups excluding carboxylic acids is 1. The van der Waals surface area contributed by atoms with Crippen LogP contribution in [0.4, 0.5) is 18.0 Å². The summed E-state index contributed by atoms with van der Waals surface area (Å²) in [4.78, 5) is 11.9. The van der Waals surface area contributed by atoms with E-state index < -0.39 is 24.4 Å². The molecule has 0 radical (unpaired) electrons. The van der Waals surface area contributed by atoms with E-state index in [1.807, 2.05) is 0 Å². The van der Waals surface area contributed by atoms with Crippen LogP contribution in [0.1, 0.15) is 11.1 Å². The van der Waals surface area contributed by atoms with Gasteiger partial charge in [-0.3, -0.25) is 0 Å². The number of nitrogens with one attached hydrogen (secondary N) is 1. The number of rotatable bonds is 6. The molecule has 26 heavy (non-hydrogen) atoms. The minimum Gasteiger partial charge on any atom is -0.445 e. The lowest BCUT2D eigenvalue weighted by Gasteiger charge is -2.25. The molecule has 2 rings (SSSR count). The molecule has 2 unspecified atom stereocenters. The van der Waals surface area contributed by atoms with Crippen LogP contribution < -0.4 is 5.32 Å². The number of amides is 1. The lowest BCUT2D eigenvalue weighted by Crippen LogP contribution is -2.51. The maximum absolute atomic E-state index is 12.9. The summed E-state index contributed by atoms with van der Waals surface area (Å²) in [5, 5.41) is 12.0. The molecule has 8 heteroatoms. The Bertz CT molecular complexity index is 725. The Balaban J connectivity index is 2.04. The first-order chi connectivity index (χ1) is 12.3. The summed E-state index contributed by atoms with van der Waals surface area (Å²) in [6.07, 6.45) is -8.95. The molecule has 0 saturated heterocycles. The summed E-state index contributed by atoms with van der Waals surface area (Å²) in [6.45, 7) is -0.0985. The molecule has 140 valence electrons. The van der Waals surface area contributed by atoms with E-state index in [9.17, 15) is 23.1 Å². The van der Waals surface area contributed by atoms with Crippen LogP contribution >= 0.6 is 11.6 Å². The number of hydrogen-bond acceptors (Lipinski definition) is 3. The topological polar surface area (TPSA) is 58.6 Å². The molecule has 0 aliphatic rings. The summed E-state index contributed by atoms with van der Waals surface area (Å²) in [5.74, 6) is 0. The van der Waals surface area contributed by atoms with Crippen LogP contribution in [0.15, 0.2) is 54.6 Å². The second-order valence-electron chi connectivity index (χ2n) is 5.63. The lowest BCUT2D eigenvalue weighted by atomic mass is 10.0. The number of ether oxygens (including phenoxy) is 1. The Labute approximate surface area is 153 Å². The zero-order valence-corrected chi connectivity index (χ0v) is 14.3. The molecule has 4 nitrogen and oxygen atoms in total. The highest BCUT2D eigenvalue weighted by Gasteiger charge is 2.44. The van der Waals surface area contributed by atoms with E-state index in [0.717, 1.165) is 0 Å². The summed E-state index contributed by atoms with van der Waals surface area (Å²) < 4.78 is 43.7. The van der Waals surface area contributed by atoms with Crippen molar-refractivity contribution in [2.45, 2.75) is 31.3 Å². The Morgan fingerprint density at radius 2 is 1.77 bits per heavy atom. The van der Waals surface area contributed by atoms with Crippen LogP contribution in [0.25, 0.3) is 0 Å². The highest BCUT2D eigenvalue weighted by Crippen LogP contribution is 2.25. The molecule has 2 aromatic carbocycles. The molecule has 0 aliphatic carbocycles. The number of aliphatic hydroxyl groups is 1. The van der Waals surface area contributed by atoms with Crippen LogP contribution in [0.5, 0.6) is 0 Å². The van der Waals surface area contributed by atoms with Gasteiger partial charge in [-0.25, -0.2) is 4.79 Å². The first-order valence-electron chi connectivity index (χ1n) is 7.72. The van der Waals surface area contributed by atoms with Crippen molar-refractivity contribution in [3.05, 3.63) is 70.7 Å². The smallest absolute Gasteiger partial charge is 0.416 e. The van der Waals surface area contributed by atoms with Crippen molar-refractivity contribution < 1.29 is 27.8 Å². The van der Waals surface area contributed by atoms with Crippen LogP contribution in [0.3, 0.4) is 0 Å². The van der Waals surface area contributed by atoms with Gasteiger partial charge in [-0.15, -0.1) is 0 Å². The molecule has 0 aliphatic heterocycles. The number of hydrogen-bond donors (Lipinski definition) is 2. The molecule has 0 heterocycles. The summed E-state index contributed by atoms with van der Waals surface area (Å²) in [6, 6.07) is 13.2. The first kappa shape index (κ1) is 20.1. The van der Waals surface area contributed by atoms with E-state index in [1.54, 1.807) is 48.5 Å². The van der Waals surface area contributed by atoms with Crippen LogP contribution in [-0.4, -0.2) is 29.5 Å². The van der Waals surface area contributed by atoms with Crippen LogP contribution in [0, 0.1) is 0 Å². The molecule has 1 amide bonds. The lowest BCUT2D eigenvalue weighted by molar-refractivity contribution is -0.211. The monoisotopic (exact) mass is 387 g/mol. The van der Waals surface area contributed by atoms with Gasteiger partial charge in [0.1, 0.15) is 6.61 Å². The summed E-state index contributed by atoms with van der Waals surface area (Å²) >= 11 is 5.82. The van der Waals surface area contributed by atoms with E-state index in [4.69, 9.17) is 16.3 Å². The van der Waals surface area contributed by atoms with Crippen molar-refractivity contribution in [3.63, 3.8) is 0 Å². The van der Waals surface area contributed by atoms with E-state index in [-0.39, 0.29) is 13.0 Å². The standard InChI is InChI=1S/C18H17ClF3NO3/c19-14-8-4-7-13(9-14)10-15(16(24)18(20,21)22)23-17(25)26-11-12-5-2-1-3-6-12/h1-9,15-16,24H,10-11H2,(H,23,25). The number of halogens is 4. The van der Waals surface area contributed by atoms with Crippen molar-refractivity contribution in [2.24, 2.45) is 0 Å². The van der Waals surface area contributed by atoms with Gasteiger partial charge in [0.25, 0.3) is 0 Å². The quantitative estimate of drug-likeness (QED) is 0.784. The molecule has 2 aromatic rings. The van der Waals surface area contributed by atoms with Gasteiger partial charge in [0.15, 0.2) is 6.10 Å². The van der Waals surface area contributed by atoms with E-state index in [0.29, 0.717) is 16.1 Å². The van der Waals surface area contributed by atoms with Gasteiger partial charge in [0, 0.05) is 5.02 Å². The fourth-order valence-electron chi connectivity index (χ4n) is 2.30. The van der Waals surface area contributed by atoms with Gasteiger partial charge in [-0.05, 0) is 29.7 Å². The molecule has 2 atom stereocenters. The first-order valence-corrected chi connectivity index (χ1v) is 8.10. The molecule has 0 bridgehead atoms. The third-order valence-corrected chi connectivity index (χ3v) is 3.81. The highest BCUT2D eigenvalue weighted by molar-refractivity contribution is 6.30. The van der Waals surface area contributed by atoms with E-state index in [1.165, 1.54) is 6.07 Å². The van der Waals surface area contributed by atoms with Gasteiger partial charge in [-0.2, -0.15) is 13.2 Å². The summed E-state index contributed by atoms with van der Waals surface area (Å²) in [7, 11) is 0. The van der Waals surface area contributed by atoms with Gasteiger partial charge in [0.2, 0.25) is 0 Å². The van der Waals surface area contributed by atoms with Crippen molar-refractivity contribution in [2.75, 3.05) is 0 Å². The van der Waals surface area contributed by atoms with Crippen molar-refractivity contribution >= 4 is 17.7 Å². The molecular weight excluding hydrogens is 371 g/mol. The molecule has 0 aromatic heterocycles. The van der Waals surface area contributed by atoms with Gasteiger partial charge < -0.3 is 15.2 Å². The predicted molar refractivity (Wildman–Crippen MR) is 90.8 cm³/mol. The van der Waals surface area contributed by atoms with E-state index in [2.05, 4.69) is 5.32 Å². The Morgan fingerprint density at radius 3 is 2.38 bits per heavy atom. The third-order valence-electron chi connectivity index (χ3n) is 3.58. The Morgan fingerprint density at radius 1 is 1.12 bits per heavy atom. The largest absolute Gasteiger partial charge is 0.445 e. The average molecular weight is 388 g/mol. The second kappa shape index (κ2) is 8.91. The number of carbonyl (C=O) groups is 1. The highest BCUT2D eigenvalue weighted by atomic mass is 35.5. The number of aliphatic hydroxyl groups excluding tert-OH is 1. The molecule has 0 saturated carbocycles. The Hall–Kier alpha value is -2.25. The number of benzene rings is 2. The molecular formula is C18H17ClF3NO3. The average Bonchev–Trinajstić information content (AvgIpc) is 2.59. The second-order valence-corrected chi connectivity index (χ2v) is 6.07. The van der Waals surface area contributed by atoms with Gasteiger partial charge in [0.05, 0.1) is 6.04 Å². The minimum absolute atomic E-state index is 0.0985. The maximum atomic E-state index is 12.9. The SMILES string of the molecule is O=C(NC(Cc1cccc(Cl)c1)C(O)C(F)(F)F)OCc1ccccc1. The van der Waals surface area contributed by atoms with E-state index >= 15 is 0 Å². The van der Waals surface area contributed by atoms with Gasteiger partial charge >= 0.3 is 12.3 Å².